The van der Waals surface area contributed by atoms with Crippen molar-refractivity contribution in [2.24, 2.45) is 5.92 Å². The van der Waals surface area contributed by atoms with Crippen molar-refractivity contribution in [1.82, 2.24) is 0 Å². The Morgan fingerprint density at radius 3 is 1.33 bits per heavy atom. The Balaban J connectivity index is 3.14. The summed E-state index contributed by atoms with van der Waals surface area (Å²) in [5.74, 6) is 0.977. The van der Waals surface area contributed by atoms with E-state index in [1.54, 1.807) is 0 Å². The Morgan fingerprint density at radius 2 is 0.905 bits per heavy atom. The number of rotatable bonds is 17. The van der Waals surface area contributed by atoms with Gasteiger partial charge in [0.25, 0.3) is 0 Å². The molecule has 0 aliphatic heterocycles. The van der Waals surface area contributed by atoms with Crippen LogP contribution in [0.1, 0.15) is 116 Å². The van der Waals surface area contributed by atoms with Gasteiger partial charge in [-0.1, -0.05) is 130 Å². The van der Waals surface area contributed by atoms with Gasteiger partial charge >= 0.3 is 0 Å². The first-order valence-electron chi connectivity index (χ1n) is 9.93. The third-order valence-electron chi connectivity index (χ3n) is 4.80. The van der Waals surface area contributed by atoms with Crippen molar-refractivity contribution in [3.8, 4) is 0 Å². The standard InChI is InChI=1S/C21H42/c1-4-7-9-10-11-12-13-14-15-16-17-18-20-21(6-3)19-8-5-2/h21H,1-2,4-20H2,3H3. The molecule has 21 heavy (non-hydrogen) atoms. The van der Waals surface area contributed by atoms with Crippen molar-refractivity contribution >= 4 is 0 Å². The van der Waals surface area contributed by atoms with Crippen molar-refractivity contribution in [1.29, 1.82) is 0 Å². The molecule has 0 heterocycles. The molecule has 0 bridgehead atoms. The van der Waals surface area contributed by atoms with Crippen LogP contribution >= 0.6 is 0 Å². The predicted octanol–water partition coefficient (Wildman–Crippen LogP) is 7.92. The summed E-state index contributed by atoms with van der Waals surface area (Å²) in [5.41, 5.74) is 0. The lowest BCUT2D eigenvalue weighted by Crippen LogP contribution is -1.98. The number of hydrogen-bond donors (Lipinski definition) is 0. The van der Waals surface area contributed by atoms with Gasteiger partial charge in [-0.3, -0.25) is 0 Å². The summed E-state index contributed by atoms with van der Waals surface area (Å²) in [6, 6.07) is 0. The largest absolute Gasteiger partial charge is 0.0651 e. The first-order chi connectivity index (χ1) is 10.3. The highest BCUT2D eigenvalue weighted by Gasteiger charge is 2.04. The first kappa shape index (κ1) is 21.0. The van der Waals surface area contributed by atoms with E-state index in [0.29, 0.717) is 0 Å². The maximum atomic E-state index is 3.96. The Bertz CT molecular complexity index is 173. The molecule has 0 rings (SSSR count). The van der Waals surface area contributed by atoms with Gasteiger partial charge in [-0.05, 0) is 5.92 Å². The molecule has 0 fully saturated rings. The second-order valence-electron chi connectivity index (χ2n) is 6.80. The SMILES string of the molecule is [CH2]CCCCCCCCCCCCCC(CC)CCC[CH2]. The van der Waals surface area contributed by atoms with Crippen molar-refractivity contribution < 1.29 is 0 Å². The number of hydrogen-bond acceptors (Lipinski definition) is 0. The van der Waals surface area contributed by atoms with Gasteiger partial charge in [-0.25, -0.2) is 0 Å². The average molecular weight is 295 g/mol. The second kappa shape index (κ2) is 18.1. The fourth-order valence-electron chi connectivity index (χ4n) is 3.19. The summed E-state index contributed by atoms with van der Waals surface area (Å²) in [6.45, 7) is 10.2. The van der Waals surface area contributed by atoms with E-state index >= 15 is 0 Å². The average Bonchev–Trinajstić information content (AvgIpc) is 2.51. The van der Waals surface area contributed by atoms with Crippen LogP contribution in [0.5, 0.6) is 0 Å². The lowest BCUT2D eigenvalue weighted by molar-refractivity contribution is 0.402. The van der Waals surface area contributed by atoms with Gasteiger partial charge in [0.05, 0.1) is 0 Å². The van der Waals surface area contributed by atoms with Crippen LogP contribution in [0, 0.1) is 19.8 Å². The summed E-state index contributed by atoms with van der Waals surface area (Å²) >= 11 is 0. The van der Waals surface area contributed by atoms with Crippen LogP contribution in [0.4, 0.5) is 0 Å². The molecule has 0 N–H and O–H groups in total. The lowest BCUT2D eigenvalue weighted by atomic mass is 9.93. The van der Waals surface area contributed by atoms with Gasteiger partial charge in [0.2, 0.25) is 0 Å². The van der Waals surface area contributed by atoms with E-state index in [4.69, 9.17) is 0 Å². The van der Waals surface area contributed by atoms with Crippen LogP contribution in [0.15, 0.2) is 0 Å². The van der Waals surface area contributed by atoms with Crippen molar-refractivity contribution in [3.63, 3.8) is 0 Å². The number of unbranched alkanes of at least 4 members (excludes halogenated alkanes) is 12. The molecule has 0 aromatic rings. The van der Waals surface area contributed by atoms with Crippen molar-refractivity contribution in [2.45, 2.75) is 116 Å². The van der Waals surface area contributed by atoms with Crippen molar-refractivity contribution in [3.05, 3.63) is 13.8 Å². The molecule has 0 nitrogen and oxygen atoms in total. The molecule has 1 atom stereocenters. The monoisotopic (exact) mass is 294 g/mol. The predicted molar refractivity (Wildman–Crippen MR) is 98.4 cm³/mol. The third-order valence-corrected chi connectivity index (χ3v) is 4.80. The molecule has 0 aliphatic rings. The van der Waals surface area contributed by atoms with E-state index in [2.05, 4.69) is 20.8 Å². The quantitative estimate of drug-likeness (QED) is 0.239. The van der Waals surface area contributed by atoms with Crippen molar-refractivity contribution in [2.75, 3.05) is 0 Å². The Labute approximate surface area is 136 Å². The topological polar surface area (TPSA) is 0 Å². The van der Waals surface area contributed by atoms with Gasteiger partial charge in [-0.2, -0.15) is 0 Å². The minimum absolute atomic E-state index is 0.977. The van der Waals surface area contributed by atoms with Gasteiger partial charge in [0.1, 0.15) is 0 Å². The zero-order valence-corrected chi connectivity index (χ0v) is 15.0. The zero-order valence-electron chi connectivity index (χ0n) is 15.0. The van der Waals surface area contributed by atoms with Crippen LogP contribution in [0.3, 0.4) is 0 Å². The second-order valence-corrected chi connectivity index (χ2v) is 6.80. The highest BCUT2D eigenvalue weighted by atomic mass is 14.1. The summed E-state index contributed by atoms with van der Waals surface area (Å²) in [4.78, 5) is 0. The highest BCUT2D eigenvalue weighted by Crippen LogP contribution is 2.20. The fraction of sp³-hybridized carbons (Fsp3) is 0.905. The molecule has 1 unspecified atom stereocenters. The van der Waals surface area contributed by atoms with E-state index in [0.717, 1.165) is 18.8 Å². The molecule has 126 valence electrons. The van der Waals surface area contributed by atoms with E-state index in [-0.39, 0.29) is 0 Å². The van der Waals surface area contributed by atoms with E-state index in [9.17, 15) is 0 Å². The van der Waals surface area contributed by atoms with Crippen LogP contribution < -0.4 is 0 Å². The molecular formula is C21H42. The maximum Gasteiger partial charge on any atom is -0.0417 e. The Hall–Kier alpha value is 0. The molecule has 0 saturated carbocycles. The van der Waals surface area contributed by atoms with Crippen LogP contribution in [0.25, 0.3) is 0 Å². The van der Waals surface area contributed by atoms with Crippen LogP contribution in [-0.2, 0) is 0 Å². The zero-order chi connectivity index (χ0) is 15.6. The maximum absolute atomic E-state index is 3.96. The smallest absolute Gasteiger partial charge is 0.0417 e. The summed E-state index contributed by atoms with van der Waals surface area (Å²) in [6.07, 6.45) is 23.7. The molecule has 0 amide bonds. The van der Waals surface area contributed by atoms with Gasteiger partial charge in [-0.15, -0.1) is 0 Å². The lowest BCUT2D eigenvalue weighted by Gasteiger charge is -2.13. The minimum atomic E-state index is 0.977. The fourth-order valence-corrected chi connectivity index (χ4v) is 3.19. The van der Waals surface area contributed by atoms with E-state index in [1.807, 2.05) is 0 Å². The summed E-state index contributed by atoms with van der Waals surface area (Å²) in [5, 5.41) is 0. The van der Waals surface area contributed by atoms with Gasteiger partial charge in [0, 0.05) is 0 Å². The molecule has 0 aromatic heterocycles. The van der Waals surface area contributed by atoms with E-state index < -0.39 is 0 Å². The minimum Gasteiger partial charge on any atom is -0.0651 e. The first-order valence-corrected chi connectivity index (χ1v) is 9.93. The Morgan fingerprint density at radius 1 is 0.524 bits per heavy atom. The molecule has 0 saturated heterocycles. The molecular weight excluding hydrogens is 252 g/mol. The van der Waals surface area contributed by atoms with Crippen LogP contribution in [-0.4, -0.2) is 0 Å². The summed E-state index contributed by atoms with van der Waals surface area (Å²) in [7, 11) is 0. The summed E-state index contributed by atoms with van der Waals surface area (Å²) < 4.78 is 0. The normalized spacial score (nSPS) is 12.7. The molecule has 2 radical (unpaired) electrons. The van der Waals surface area contributed by atoms with Crippen LogP contribution in [0.2, 0.25) is 0 Å². The van der Waals surface area contributed by atoms with Gasteiger partial charge < -0.3 is 0 Å². The molecule has 0 aromatic carbocycles. The molecule has 0 heteroatoms. The van der Waals surface area contributed by atoms with E-state index in [1.165, 1.54) is 96.3 Å². The Kier molecular flexibility index (Phi) is 18.1. The highest BCUT2D eigenvalue weighted by molar-refractivity contribution is 4.59. The molecule has 0 aliphatic carbocycles. The third kappa shape index (κ3) is 16.2. The van der Waals surface area contributed by atoms with Gasteiger partial charge in [0.15, 0.2) is 0 Å². The molecule has 0 spiro atoms.